The fraction of sp³-hybridized carbons (Fsp3) is 0.286. The maximum Gasteiger partial charge on any atom is 0.307 e. The van der Waals surface area contributed by atoms with Crippen molar-refractivity contribution in [2.75, 3.05) is 0 Å². The van der Waals surface area contributed by atoms with E-state index in [1.807, 2.05) is 25.1 Å². The minimum absolute atomic E-state index is 0.0818. The van der Waals surface area contributed by atoms with Crippen molar-refractivity contribution in [1.29, 1.82) is 0 Å². The summed E-state index contributed by atoms with van der Waals surface area (Å²) in [7, 11) is -1.90. The molecule has 0 aliphatic carbocycles. The zero-order valence-electron chi connectivity index (χ0n) is 10.5. The third kappa shape index (κ3) is 3.45. The van der Waals surface area contributed by atoms with E-state index in [9.17, 15) is 4.79 Å². The van der Waals surface area contributed by atoms with E-state index in [-0.39, 0.29) is 6.42 Å². The molecule has 0 bridgehead atoms. The molecule has 0 saturated carbocycles. The van der Waals surface area contributed by atoms with E-state index in [1.54, 1.807) is 6.08 Å². The van der Waals surface area contributed by atoms with E-state index in [0.29, 0.717) is 0 Å². The smallest absolute Gasteiger partial charge is 0.307 e. The highest BCUT2D eigenvalue weighted by atomic mass is 28.3. The van der Waals surface area contributed by atoms with Crippen LogP contribution >= 0.6 is 0 Å². The standard InChI is InChI=1S/C14H18O2Si/c1-4-8-13(11-14(15)16)17(2,3)12-9-6-5-7-10-12/h4-7,9-10H,11H2,1-3H3,(H,15,16). The summed E-state index contributed by atoms with van der Waals surface area (Å²) < 4.78 is 0. The fourth-order valence-electron chi connectivity index (χ4n) is 1.81. The van der Waals surface area contributed by atoms with Crippen molar-refractivity contribution < 1.29 is 9.90 Å². The quantitative estimate of drug-likeness (QED) is 0.655. The van der Waals surface area contributed by atoms with Crippen LogP contribution in [-0.4, -0.2) is 19.1 Å². The van der Waals surface area contributed by atoms with Gasteiger partial charge in [-0.2, -0.15) is 0 Å². The summed E-state index contributed by atoms with van der Waals surface area (Å²) in [6.07, 6.45) is 1.88. The molecule has 1 aromatic rings. The second-order valence-corrected chi connectivity index (χ2v) is 8.90. The van der Waals surface area contributed by atoms with E-state index in [1.165, 1.54) is 5.19 Å². The van der Waals surface area contributed by atoms with Gasteiger partial charge in [0.15, 0.2) is 0 Å². The number of carboxylic acid groups (broad SMARTS) is 1. The maximum absolute atomic E-state index is 10.9. The van der Waals surface area contributed by atoms with Crippen molar-refractivity contribution in [3.63, 3.8) is 0 Å². The molecule has 3 heteroatoms. The van der Waals surface area contributed by atoms with Crippen molar-refractivity contribution in [2.45, 2.75) is 26.4 Å². The van der Waals surface area contributed by atoms with Gasteiger partial charge in [-0.15, -0.1) is 5.73 Å². The highest BCUT2D eigenvalue weighted by Gasteiger charge is 2.29. The minimum atomic E-state index is -1.90. The van der Waals surface area contributed by atoms with Crippen molar-refractivity contribution in [3.8, 4) is 0 Å². The molecule has 0 spiro atoms. The summed E-state index contributed by atoms with van der Waals surface area (Å²) in [6.45, 7) is 6.20. The van der Waals surface area contributed by atoms with Gasteiger partial charge in [0, 0.05) is 0 Å². The molecule has 1 aromatic carbocycles. The summed E-state index contributed by atoms with van der Waals surface area (Å²) in [5, 5.41) is 11.1. The number of hydrogen-bond acceptors (Lipinski definition) is 1. The maximum atomic E-state index is 10.9. The van der Waals surface area contributed by atoms with Gasteiger partial charge in [-0.3, -0.25) is 4.79 Å². The molecule has 0 aromatic heterocycles. The number of benzene rings is 1. The van der Waals surface area contributed by atoms with E-state index in [0.717, 1.165) is 5.20 Å². The first kappa shape index (κ1) is 13.5. The third-order valence-corrected chi connectivity index (χ3v) is 6.50. The van der Waals surface area contributed by atoms with Gasteiger partial charge < -0.3 is 5.11 Å². The summed E-state index contributed by atoms with van der Waals surface area (Å²) in [5.41, 5.74) is 3.13. The van der Waals surface area contributed by atoms with Crippen LogP contribution in [0.5, 0.6) is 0 Å². The molecule has 0 aliphatic rings. The molecule has 0 saturated heterocycles. The van der Waals surface area contributed by atoms with Gasteiger partial charge in [0.05, 0.1) is 6.42 Å². The molecule has 17 heavy (non-hydrogen) atoms. The topological polar surface area (TPSA) is 37.3 Å². The average Bonchev–Trinajstić information content (AvgIpc) is 2.29. The van der Waals surface area contributed by atoms with Crippen LogP contribution in [0, 0.1) is 0 Å². The second-order valence-electron chi connectivity index (χ2n) is 4.47. The normalized spacial score (nSPS) is 10.5. The summed E-state index contributed by atoms with van der Waals surface area (Å²) in [5.74, 6) is -0.786. The molecule has 90 valence electrons. The van der Waals surface area contributed by atoms with E-state index in [2.05, 4.69) is 31.0 Å². The highest BCUT2D eigenvalue weighted by Crippen LogP contribution is 2.17. The van der Waals surface area contributed by atoms with Gasteiger partial charge in [-0.05, 0) is 18.2 Å². The molecule has 0 amide bonds. The fourth-order valence-corrected chi connectivity index (χ4v) is 4.28. The van der Waals surface area contributed by atoms with Crippen LogP contribution in [-0.2, 0) is 4.79 Å². The lowest BCUT2D eigenvalue weighted by atomic mass is 10.4. The Kier molecular flexibility index (Phi) is 4.50. The lowest BCUT2D eigenvalue weighted by Gasteiger charge is -2.24. The van der Waals surface area contributed by atoms with Crippen molar-refractivity contribution >= 4 is 19.2 Å². The molecule has 0 unspecified atom stereocenters. The minimum Gasteiger partial charge on any atom is -0.481 e. The van der Waals surface area contributed by atoms with Gasteiger partial charge in [0.25, 0.3) is 0 Å². The predicted octanol–water partition coefficient (Wildman–Crippen LogP) is 2.72. The van der Waals surface area contributed by atoms with Crippen LogP contribution in [0.4, 0.5) is 0 Å². The number of hydrogen-bond donors (Lipinski definition) is 1. The van der Waals surface area contributed by atoms with Gasteiger partial charge in [0.1, 0.15) is 8.07 Å². The number of carbonyl (C=O) groups is 1. The largest absolute Gasteiger partial charge is 0.481 e. The van der Waals surface area contributed by atoms with E-state index >= 15 is 0 Å². The van der Waals surface area contributed by atoms with Gasteiger partial charge >= 0.3 is 5.97 Å². The van der Waals surface area contributed by atoms with Crippen LogP contribution < -0.4 is 5.19 Å². The Bertz CT molecular complexity index is 454. The molecule has 0 heterocycles. The van der Waals surface area contributed by atoms with E-state index < -0.39 is 14.0 Å². The van der Waals surface area contributed by atoms with Gasteiger partial charge in [-0.25, -0.2) is 0 Å². The highest BCUT2D eigenvalue weighted by molar-refractivity contribution is 6.95. The summed E-state index contributed by atoms with van der Waals surface area (Å²) in [6, 6.07) is 10.1. The zero-order chi connectivity index (χ0) is 12.9. The zero-order valence-corrected chi connectivity index (χ0v) is 11.5. The molecular weight excluding hydrogens is 228 g/mol. The van der Waals surface area contributed by atoms with Crippen LogP contribution in [0.25, 0.3) is 0 Å². The van der Waals surface area contributed by atoms with Gasteiger partial charge in [0.2, 0.25) is 0 Å². The molecule has 0 aliphatic heterocycles. The van der Waals surface area contributed by atoms with Crippen LogP contribution in [0.1, 0.15) is 13.3 Å². The van der Waals surface area contributed by atoms with Crippen molar-refractivity contribution in [3.05, 3.63) is 47.3 Å². The predicted molar refractivity (Wildman–Crippen MR) is 73.1 cm³/mol. The van der Waals surface area contributed by atoms with E-state index in [4.69, 9.17) is 5.11 Å². The first-order chi connectivity index (χ1) is 7.98. The molecule has 1 N–H and O–H groups in total. The lowest BCUT2D eigenvalue weighted by Crippen LogP contribution is -2.44. The Hall–Kier alpha value is -1.57. The first-order valence-corrected chi connectivity index (χ1v) is 8.66. The molecular formula is C14H18O2Si. The molecule has 0 radical (unpaired) electrons. The Labute approximate surface area is 103 Å². The third-order valence-electron chi connectivity index (χ3n) is 2.90. The van der Waals surface area contributed by atoms with Crippen molar-refractivity contribution in [2.24, 2.45) is 0 Å². The summed E-state index contributed by atoms with van der Waals surface area (Å²) in [4.78, 5) is 10.9. The average molecular weight is 246 g/mol. The molecule has 1 rings (SSSR count). The Morgan fingerprint density at radius 3 is 2.41 bits per heavy atom. The first-order valence-electron chi connectivity index (χ1n) is 5.66. The Morgan fingerprint density at radius 2 is 1.94 bits per heavy atom. The van der Waals surface area contributed by atoms with Crippen molar-refractivity contribution in [1.82, 2.24) is 0 Å². The number of rotatable bonds is 4. The second kappa shape index (κ2) is 5.67. The van der Waals surface area contributed by atoms with Crippen LogP contribution in [0.15, 0.2) is 47.3 Å². The number of carboxylic acids is 1. The molecule has 0 fully saturated rings. The molecule has 2 nitrogen and oxygen atoms in total. The summed E-state index contributed by atoms with van der Waals surface area (Å²) >= 11 is 0. The SMILES string of the molecule is CC=C=C(CC(=O)O)[Si](C)(C)c1ccccc1. The lowest BCUT2D eigenvalue weighted by molar-refractivity contribution is -0.136. The monoisotopic (exact) mass is 246 g/mol. The van der Waals surface area contributed by atoms with Crippen LogP contribution in [0.3, 0.4) is 0 Å². The van der Waals surface area contributed by atoms with Gasteiger partial charge in [-0.1, -0.05) is 48.6 Å². The Balaban J connectivity index is 3.18. The molecule has 0 atom stereocenters. The van der Waals surface area contributed by atoms with Crippen LogP contribution in [0.2, 0.25) is 13.1 Å². The number of aliphatic carboxylic acids is 1. The Morgan fingerprint density at radius 1 is 1.35 bits per heavy atom.